The third-order valence-electron chi connectivity index (χ3n) is 4.28. The molecule has 28 heavy (non-hydrogen) atoms. The van der Waals surface area contributed by atoms with Crippen molar-refractivity contribution in [2.45, 2.75) is 6.10 Å². The van der Waals surface area contributed by atoms with Crippen LogP contribution < -0.4 is 5.32 Å². The molecule has 0 amide bonds. The summed E-state index contributed by atoms with van der Waals surface area (Å²) in [5.74, 6) is -0.595. The predicted octanol–water partition coefficient (Wildman–Crippen LogP) is 5.37. The summed E-state index contributed by atoms with van der Waals surface area (Å²) in [4.78, 5) is 0. The summed E-state index contributed by atoms with van der Waals surface area (Å²) in [5.41, 5.74) is 2.82. The summed E-state index contributed by atoms with van der Waals surface area (Å²) in [7, 11) is 0. The lowest BCUT2D eigenvalue weighted by Crippen LogP contribution is -2.21. The third-order valence-corrected chi connectivity index (χ3v) is 4.28. The van der Waals surface area contributed by atoms with Crippen molar-refractivity contribution in [2.24, 2.45) is 0 Å². The van der Waals surface area contributed by atoms with Gasteiger partial charge >= 0.3 is 0 Å². The van der Waals surface area contributed by atoms with E-state index in [0.717, 1.165) is 23.2 Å². The van der Waals surface area contributed by atoms with Gasteiger partial charge in [-0.25, -0.2) is 8.78 Å². The lowest BCUT2D eigenvalue weighted by atomic mass is 10.0. The van der Waals surface area contributed by atoms with Crippen LogP contribution in [0.15, 0.2) is 84.9 Å². The average molecular weight is 379 g/mol. The highest BCUT2D eigenvalue weighted by atomic mass is 19.1. The van der Waals surface area contributed by atoms with Gasteiger partial charge in [0, 0.05) is 13.1 Å². The topological polar surface area (TPSA) is 21.3 Å². The maximum atomic E-state index is 13.2. The highest BCUT2D eigenvalue weighted by Gasteiger charge is 2.15. The van der Waals surface area contributed by atoms with Crippen molar-refractivity contribution in [1.82, 2.24) is 5.32 Å². The predicted molar refractivity (Wildman–Crippen MR) is 109 cm³/mol. The van der Waals surface area contributed by atoms with Crippen LogP contribution in [0.2, 0.25) is 0 Å². The third kappa shape index (κ3) is 6.12. The molecule has 0 saturated carbocycles. The Labute approximate surface area is 164 Å². The van der Waals surface area contributed by atoms with E-state index in [2.05, 4.69) is 29.6 Å². The summed E-state index contributed by atoms with van der Waals surface area (Å²) in [5, 5.41) is 3.30. The Hall–Kier alpha value is -2.82. The summed E-state index contributed by atoms with van der Waals surface area (Å²) in [6.45, 7) is 1.87. The molecule has 3 aromatic carbocycles. The second-order valence-electron chi connectivity index (χ2n) is 6.37. The molecule has 4 heteroatoms. The van der Waals surface area contributed by atoms with Crippen molar-refractivity contribution in [3.63, 3.8) is 0 Å². The molecule has 0 aliphatic heterocycles. The van der Waals surface area contributed by atoms with Gasteiger partial charge < -0.3 is 10.1 Å². The number of nitrogens with one attached hydrogen (secondary N) is 1. The molecule has 0 unspecified atom stereocenters. The van der Waals surface area contributed by atoms with E-state index >= 15 is 0 Å². The standard InChI is InChI=1S/C24H23F2NO/c25-22-12-8-20(9-13-22)24(21-10-14-23(26)15-11-21)28-18-17-27-16-4-7-19-5-2-1-3-6-19/h1-15,24,27H,16-18H2/b7-4+. The van der Waals surface area contributed by atoms with Gasteiger partial charge in [0.15, 0.2) is 0 Å². The minimum absolute atomic E-state index is 0.298. The zero-order valence-electron chi connectivity index (χ0n) is 15.5. The highest BCUT2D eigenvalue weighted by molar-refractivity contribution is 5.48. The molecule has 0 aliphatic rings. The normalized spacial score (nSPS) is 11.4. The Balaban J connectivity index is 1.52. The molecule has 3 rings (SSSR count). The van der Waals surface area contributed by atoms with E-state index in [1.165, 1.54) is 24.3 Å². The lowest BCUT2D eigenvalue weighted by molar-refractivity contribution is 0.0825. The van der Waals surface area contributed by atoms with Crippen LogP contribution in [0.25, 0.3) is 6.08 Å². The van der Waals surface area contributed by atoms with Gasteiger partial charge in [0.1, 0.15) is 17.7 Å². The molecule has 0 aromatic heterocycles. The van der Waals surface area contributed by atoms with Crippen LogP contribution in [0.5, 0.6) is 0 Å². The van der Waals surface area contributed by atoms with Crippen LogP contribution in [0, 0.1) is 11.6 Å². The van der Waals surface area contributed by atoms with Gasteiger partial charge in [0.05, 0.1) is 6.61 Å². The molecule has 1 N–H and O–H groups in total. The van der Waals surface area contributed by atoms with Crippen LogP contribution in [-0.2, 0) is 4.74 Å². The van der Waals surface area contributed by atoms with Crippen LogP contribution in [0.3, 0.4) is 0 Å². The number of hydrogen-bond acceptors (Lipinski definition) is 2. The first kappa shape index (κ1) is 19.9. The zero-order valence-corrected chi connectivity index (χ0v) is 15.5. The fourth-order valence-corrected chi connectivity index (χ4v) is 2.85. The van der Waals surface area contributed by atoms with Crippen molar-refractivity contribution in [3.05, 3.63) is 113 Å². The van der Waals surface area contributed by atoms with Crippen molar-refractivity contribution in [1.29, 1.82) is 0 Å². The number of rotatable bonds is 9. The molecule has 0 fully saturated rings. The number of benzene rings is 3. The molecule has 0 saturated heterocycles. The van der Waals surface area contributed by atoms with E-state index in [-0.39, 0.29) is 17.7 Å². The summed E-state index contributed by atoms with van der Waals surface area (Å²) < 4.78 is 32.5. The van der Waals surface area contributed by atoms with E-state index in [0.29, 0.717) is 13.2 Å². The van der Waals surface area contributed by atoms with Crippen LogP contribution in [0.1, 0.15) is 22.8 Å². The highest BCUT2D eigenvalue weighted by Crippen LogP contribution is 2.26. The fourth-order valence-electron chi connectivity index (χ4n) is 2.85. The quantitative estimate of drug-likeness (QED) is 0.505. The number of halogens is 2. The molecule has 0 radical (unpaired) electrons. The molecule has 0 heterocycles. The number of ether oxygens (including phenoxy) is 1. The average Bonchev–Trinajstić information content (AvgIpc) is 2.73. The van der Waals surface area contributed by atoms with Crippen molar-refractivity contribution in [2.75, 3.05) is 19.7 Å². The fraction of sp³-hybridized carbons (Fsp3) is 0.167. The van der Waals surface area contributed by atoms with Gasteiger partial charge in [-0.1, -0.05) is 66.7 Å². The minimum Gasteiger partial charge on any atom is -0.367 e. The Morgan fingerprint density at radius 3 is 1.93 bits per heavy atom. The summed E-state index contributed by atoms with van der Waals surface area (Å²) >= 11 is 0. The maximum Gasteiger partial charge on any atom is 0.123 e. The van der Waals surface area contributed by atoms with E-state index in [4.69, 9.17) is 4.74 Å². The molecule has 0 atom stereocenters. The molecule has 3 aromatic rings. The van der Waals surface area contributed by atoms with Gasteiger partial charge in [-0.3, -0.25) is 0 Å². The smallest absolute Gasteiger partial charge is 0.123 e. The zero-order chi connectivity index (χ0) is 19.6. The largest absolute Gasteiger partial charge is 0.367 e. The first-order valence-corrected chi connectivity index (χ1v) is 9.27. The van der Waals surface area contributed by atoms with E-state index < -0.39 is 0 Å². The monoisotopic (exact) mass is 379 g/mol. The van der Waals surface area contributed by atoms with Crippen molar-refractivity contribution in [3.8, 4) is 0 Å². The van der Waals surface area contributed by atoms with E-state index in [9.17, 15) is 8.78 Å². The van der Waals surface area contributed by atoms with Gasteiger partial charge in [0.25, 0.3) is 0 Å². The molecule has 0 spiro atoms. The van der Waals surface area contributed by atoms with E-state index in [1.54, 1.807) is 24.3 Å². The molecule has 144 valence electrons. The number of hydrogen-bond donors (Lipinski definition) is 1. The summed E-state index contributed by atoms with van der Waals surface area (Å²) in [6, 6.07) is 22.5. The van der Waals surface area contributed by atoms with Crippen molar-refractivity contribution >= 4 is 6.08 Å². The lowest BCUT2D eigenvalue weighted by Gasteiger charge is -2.19. The van der Waals surface area contributed by atoms with Crippen molar-refractivity contribution < 1.29 is 13.5 Å². The summed E-state index contributed by atoms with van der Waals surface area (Å²) in [6.07, 6.45) is 3.75. The Kier molecular flexibility index (Phi) is 7.47. The molecular weight excluding hydrogens is 356 g/mol. The molecule has 0 aliphatic carbocycles. The second kappa shape index (κ2) is 10.5. The first-order valence-electron chi connectivity index (χ1n) is 9.27. The maximum absolute atomic E-state index is 13.2. The Morgan fingerprint density at radius 2 is 1.36 bits per heavy atom. The van der Waals surface area contributed by atoms with Gasteiger partial charge in [0.2, 0.25) is 0 Å². The Morgan fingerprint density at radius 1 is 0.786 bits per heavy atom. The molecular formula is C24H23F2NO. The SMILES string of the molecule is Fc1ccc(C(OCCNC/C=C/c2ccccc2)c2ccc(F)cc2)cc1. The first-order chi connectivity index (χ1) is 13.7. The van der Waals surface area contributed by atoms with Crippen LogP contribution in [0.4, 0.5) is 8.78 Å². The second-order valence-corrected chi connectivity index (χ2v) is 6.37. The van der Waals surface area contributed by atoms with Crippen LogP contribution >= 0.6 is 0 Å². The van der Waals surface area contributed by atoms with Crippen LogP contribution in [-0.4, -0.2) is 19.7 Å². The van der Waals surface area contributed by atoms with E-state index in [1.807, 2.05) is 18.2 Å². The molecule has 2 nitrogen and oxygen atoms in total. The Bertz CT molecular complexity index is 816. The van der Waals surface area contributed by atoms with Gasteiger partial charge in [-0.15, -0.1) is 0 Å². The van der Waals surface area contributed by atoms with Gasteiger partial charge in [-0.2, -0.15) is 0 Å². The minimum atomic E-state index is -0.372. The van der Waals surface area contributed by atoms with Gasteiger partial charge in [-0.05, 0) is 41.0 Å². The molecule has 0 bridgehead atoms.